The zero-order valence-corrected chi connectivity index (χ0v) is 13.7. The van der Waals surface area contributed by atoms with E-state index in [1.165, 1.54) is 10.9 Å². The molecule has 9 nitrogen and oxygen atoms in total. The van der Waals surface area contributed by atoms with Crippen molar-refractivity contribution in [1.82, 2.24) is 19.7 Å². The molecule has 0 aliphatic carbocycles. The van der Waals surface area contributed by atoms with Gasteiger partial charge in [0.25, 0.3) is 5.91 Å². The molecule has 0 saturated heterocycles. The molecule has 0 radical (unpaired) electrons. The fraction of sp³-hybridized carbons (Fsp3) is 0.188. The number of nitriles is 1. The molecule has 0 fully saturated rings. The van der Waals surface area contributed by atoms with Crippen LogP contribution in [0.1, 0.15) is 29.8 Å². The van der Waals surface area contributed by atoms with Gasteiger partial charge in [0.15, 0.2) is 11.5 Å². The second kappa shape index (κ2) is 6.09. The first-order valence-corrected chi connectivity index (χ1v) is 7.51. The molecule has 126 valence electrons. The summed E-state index contributed by atoms with van der Waals surface area (Å²) < 4.78 is 1.49. The SMILES string of the molecule is CC(C)Nc1cc(-n2ncc3cc(C#N)c(N)nc32)ncc1C(N)=O. The number of nitrogen functional groups attached to an aromatic ring is 1. The highest BCUT2D eigenvalue weighted by atomic mass is 16.1. The van der Waals surface area contributed by atoms with Gasteiger partial charge < -0.3 is 16.8 Å². The fourth-order valence-electron chi connectivity index (χ4n) is 2.42. The average molecular weight is 336 g/mol. The van der Waals surface area contributed by atoms with Crippen LogP contribution in [0.5, 0.6) is 0 Å². The summed E-state index contributed by atoms with van der Waals surface area (Å²) in [4.78, 5) is 20.1. The third kappa shape index (κ3) is 2.92. The van der Waals surface area contributed by atoms with Crippen molar-refractivity contribution < 1.29 is 4.79 Å². The number of nitrogens with zero attached hydrogens (tertiary/aromatic N) is 5. The lowest BCUT2D eigenvalue weighted by Crippen LogP contribution is -2.19. The Hall–Kier alpha value is -3.67. The van der Waals surface area contributed by atoms with Crippen molar-refractivity contribution in [3.05, 3.63) is 35.7 Å². The van der Waals surface area contributed by atoms with Crippen molar-refractivity contribution in [2.45, 2.75) is 19.9 Å². The summed E-state index contributed by atoms with van der Waals surface area (Å²) >= 11 is 0. The molecule has 0 aromatic carbocycles. The number of hydrogen-bond donors (Lipinski definition) is 3. The number of amides is 1. The van der Waals surface area contributed by atoms with Crippen molar-refractivity contribution in [1.29, 1.82) is 5.26 Å². The number of nitrogens with two attached hydrogens (primary N) is 2. The summed E-state index contributed by atoms with van der Waals surface area (Å²) in [5, 5.41) is 17.1. The zero-order valence-electron chi connectivity index (χ0n) is 13.7. The van der Waals surface area contributed by atoms with Crippen molar-refractivity contribution in [2.24, 2.45) is 5.73 Å². The van der Waals surface area contributed by atoms with E-state index in [0.29, 0.717) is 22.5 Å². The number of aromatic nitrogens is 4. The van der Waals surface area contributed by atoms with Crippen LogP contribution in [-0.2, 0) is 0 Å². The molecule has 9 heteroatoms. The molecule has 0 aliphatic rings. The lowest BCUT2D eigenvalue weighted by Gasteiger charge is -2.14. The standard InChI is InChI=1S/C16H16N8O/c1-8(2)22-12-4-13(20-7-11(12)15(19)25)24-16-10(6-21-24)3-9(5-17)14(18)23-16/h3-4,6-8H,1-2H3,(H2,18,23)(H2,19,25)(H,20,22). The third-order valence-corrected chi connectivity index (χ3v) is 3.51. The summed E-state index contributed by atoms with van der Waals surface area (Å²) in [5.41, 5.74) is 12.8. The van der Waals surface area contributed by atoms with Crippen molar-refractivity contribution in [2.75, 3.05) is 11.1 Å². The minimum atomic E-state index is -0.575. The van der Waals surface area contributed by atoms with Crippen LogP contribution in [0, 0.1) is 11.3 Å². The monoisotopic (exact) mass is 336 g/mol. The molecule has 5 N–H and O–H groups in total. The van der Waals surface area contributed by atoms with Gasteiger partial charge in [0.2, 0.25) is 0 Å². The quantitative estimate of drug-likeness (QED) is 0.647. The Morgan fingerprint density at radius 2 is 2.12 bits per heavy atom. The van der Waals surface area contributed by atoms with E-state index < -0.39 is 5.91 Å². The van der Waals surface area contributed by atoms with Gasteiger partial charge in [-0.25, -0.2) is 9.97 Å². The summed E-state index contributed by atoms with van der Waals surface area (Å²) in [6, 6.07) is 5.36. The van der Waals surface area contributed by atoms with Gasteiger partial charge in [0.05, 0.1) is 23.0 Å². The lowest BCUT2D eigenvalue weighted by molar-refractivity contribution is 0.100. The first-order chi connectivity index (χ1) is 11.9. The average Bonchev–Trinajstić information content (AvgIpc) is 2.95. The second-order valence-electron chi connectivity index (χ2n) is 5.75. The fourth-order valence-corrected chi connectivity index (χ4v) is 2.42. The van der Waals surface area contributed by atoms with Crippen molar-refractivity contribution in [3.8, 4) is 11.9 Å². The highest BCUT2D eigenvalue weighted by Gasteiger charge is 2.15. The smallest absolute Gasteiger partial charge is 0.252 e. The van der Waals surface area contributed by atoms with Crippen molar-refractivity contribution in [3.63, 3.8) is 0 Å². The number of rotatable bonds is 4. The maximum absolute atomic E-state index is 11.6. The van der Waals surface area contributed by atoms with E-state index in [1.54, 1.807) is 18.3 Å². The van der Waals surface area contributed by atoms with Crippen LogP contribution in [0.15, 0.2) is 24.5 Å². The van der Waals surface area contributed by atoms with Gasteiger partial charge in [-0.2, -0.15) is 15.0 Å². The normalized spacial score (nSPS) is 10.8. The molecule has 3 heterocycles. The molecule has 0 atom stereocenters. The Morgan fingerprint density at radius 1 is 1.36 bits per heavy atom. The zero-order chi connectivity index (χ0) is 18.1. The second-order valence-corrected chi connectivity index (χ2v) is 5.75. The molecule has 3 rings (SSSR count). The maximum atomic E-state index is 11.6. The van der Waals surface area contributed by atoms with Gasteiger partial charge >= 0.3 is 0 Å². The molecular weight excluding hydrogens is 320 g/mol. The van der Waals surface area contributed by atoms with Gasteiger partial charge in [-0.1, -0.05) is 0 Å². The molecule has 0 unspecified atom stereocenters. The van der Waals surface area contributed by atoms with Crippen LogP contribution in [0.4, 0.5) is 11.5 Å². The first-order valence-electron chi connectivity index (χ1n) is 7.51. The van der Waals surface area contributed by atoms with E-state index in [4.69, 9.17) is 16.7 Å². The number of nitrogens with one attached hydrogen (secondary N) is 1. The van der Waals surface area contributed by atoms with E-state index in [-0.39, 0.29) is 23.0 Å². The van der Waals surface area contributed by atoms with Crippen LogP contribution in [-0.4, -0.2) is 31.7 Å². The number of fused-ring (bicyclic) bond motifs is 1. The molecule has 0 bridgehead atoms. The van der Waals surface area contributed by atoms with Gasteiger partial charge in [0, 0.05) is 23.7 Å². The summed E-state index contributed by atoms with van der Waals surface area (Å²) in [5.74, 6) is -0.0145. The third-order valence-electron chi connectivity index (χ3n) is 3.51. The van der Waals surface area contributed by atoms with Gasteiger partial charge in [-0.05, 0) is 19.9 Å². The van der Waals surface area contributed by atoms with Crippen LogP contribution in [0.2, 0.25) is 0 Å². The maximum Gasteiger partial charge on any atom is 0.252 e. The van der Waals surface area contributed by atoms with E-state index in [0.717, 1.165) is 0 Å². The van der Waals surface area contributed by atoms with Crippen LogP contribution >= 0.6 is 0 Å². The molecular formula is C16H16N8O. The molecule has 1 amide bonds. The predicted octanol–water partition coefficient (Wildman–Crippen LogP) is 1.19. The first kappa shape index (κ1) is 16.2. The van der Waals surface area contributed by atoms with Gasteiger partial charge in [-0.3, -0.25) is 4.79 Å². The number of primary amides is 1. The molecule has 0 saturated carbocycles. The van der Waals surface area contributed by atoms with Gasteiger partial charge in [-0.15, -0.1) is 0 Å². The number of anilines is 2. The number of pyridine rings is 2. The minimum absolute atomic E-state index is 0.0923. The topological polar surface area (TPSA) is 149 Å². The van der Waals surface area contributed by atoms with Gasteiger partial charge in [0.1, 0.15) is 11.9 Å². The Balaban J connectivity index is 2.16. The van der Waals surface area contributed by atoms with Crippen LogP contribution in [0.25, 0.3) is 16.9 Å². The van der Waals surface area contributed by atoms with E-state index in [2.05, 4.69) is 20.4 Å². The number of hydrogen-bond acceptors (Lipinski definition) is 7. The Morgan fingerprint density at radius 3 is 2.76 bits per heavy atom. The highest BCUT2D eigenvalue weighted by Crippen LogP contribution is 2.23. The summed E-state index contributed by atoms with van der Waals surface area (Å²) in [6.07, 6.45) is 2.96. The van der Waals surface area contributed by atoms with Crippen molar-refractivity contribution >= 4 is 28.4 Å². The largest absolute Gasteiger partial charge is 0.383 e. The highest BCUT2D eigenvalue weighted by molar-refractivity contribution is 5.98. The summed E-state index contributed by atoms with van der Waals surface area (Å²) in [6.45, 7) is 3.89. The summed E-state index contributed by atoms with van der Waals surface area (Å²) in [7, 11) is 0. The van der Waals surface area contributed by atoms with Crippen LogP contribution < -0.4 is 16.8 Å². The number of carbonyl (C=O) groups excluding carboxylic acids is 1. The Kier molecular flexibility index (Phi) is 3.94. The predicted molar refractivity (Wildman–Crippen MR) is 93.1 cm³/mol. The molecule has 3 aromatic rings. The minimum Gasteiger partial charge on any atom is -0.383 e. The van der Waals surface area contributed by atoms with E-state index in [1.807, 2.05) is 19.9 Å². The van der Waals surface area contributed by atoms with Crippen LogP contribution in [0.3, 0.4) is 0 Å². The number of carbonyl (C=O) groups is 1. The molecule has 0 spiro atoms. The molecule has 3 aromatic heterocycles. The van der Waals surface area contributed by atoms with E-state index >= 15 is 0 Å². The molecule has 0 aliphatic heterocycles. The lowest BCUT2D eigenvalue weighted by atomic mass is 10.2. The Bertz CT molecular complexity index is 1010. The molecule has 25 heavy (non-hydrogen) atoms. The Labute approximate surface area is 143 Å². The van der Waals surface area contributed by atoms with E-state index in [9.17, 15) is 4.79 Å².